The molecule has 126 valence electrons. The lowest BCUT2D eigenvalue weighted by Gasteiger charge is -2.37. The minimum atomic E-state index is -0.368. The Kier molecular flexibility index (Phi) is 5.70. The van der Waals surface area contributed by atoms with E-state index in [0.29, 0.717) is 24.4 Å². The molecule has 1 heterocycles. The maximum Gasteiger partial charge on any atom is 0.308 e. The van der Waals surface area contributed by atoms with Gasteiger partial charge in [0, 0.05) is 50.0 Å². The van der Waals surface area contributed by atoms with E-state index in [1.807, 2.05) is 4.90 Å². The van der Waals surface area contributed by atoms with Gasteiger partial charge in [-0.25, -0.2) is 0 Å². The van der Waals surface area contributed by atoms with Crippen LogP contribution in [0.4, 0.5) is 0 Å². The van der Waals surface area contributed by atoms with Crippen molar-refractivity contribution >= 4 is 24.5 Å². The largest absolute Gasteiger partial charge is 0.427 e. The summed E-state index contributed by atoms with van der Waals surface area (Å²) in [6.07, 6.45) is 0. The molecule has 0 unspecified atom stereocenters. The molecule has 1 aromatic carbocycles. The second kappa shape index (κ2) is 7.36. The summed E-state index contributed by atoms with van der Waals surface area (Å²) in [6.45, 7) is 9.61. The Balaban J connectivity index is 1.90. The smallest absolute Gasteiger partial charge is 0.308 e. The molecular formula is C17H24N2O3S. The molecule has 1 saturated heterocycles. The fourth-order valence-corrected chi connectivity index (χ4v) is 2.87. The van der Waals surface area contributed by atoms with Gasteiger partial charge in [-0.2, -0.15) is 12.6 Å². The molecule has 1 aromatic rings. The second-order valence-corrected chi connectivity index (χ2v) is 7.71. The van der Waals surface area contributed by atoms with Crippen molar-refractivity contribution in [2.75, 3.05) is 32.7 Å². The molecular weight excluding hydrogens is 312 g/mol. The average molecular weight is 336 g/mol. The van der Waals surface area contributed by atoms with Gasteiger partial charge in [0.25, 0.3) is 5.91 Å². The SMILES string of the molecule is CC(=O)Oc1ccc(C(=O)N2CCN(CC(C)(C)S)CC2)cc1. The summed E-state index contributed by atoms with van der Waals surface area (Å²) in [5, 5.41) is 0. The van der Waals surface area contributed by atoms with E-state index in [-0.39, 0.29) is 16.6 Å². The van der Waals surface area contributed by atoms with Crippen LogP contribution in [0.1, 0.15) is 31.1 Å². The molecule has 0 saturated carbocycles. The number of amides is 1. The summed E-state index contributed by atoms with van der Waals surface area (Å²) >= 11 is 4.56. The van der Waals surface area contributed by atoms with Gasteiger partial charge in [0.1, 0.15) is 5.75 Å². The third kappa shape index (κ3) is 5.55. The van der Waals surface area contributed by atoms with Crippen LogP contribution < -0.4 is 4.74 Å². The van der Waals surface area contributed by atoms with Crippen LogP contribution in [0.5, 0.6) is 5.75 Å². The van der Waals surface area contributed by atoms with Crippen molar-refractivity contribution < 1.29 is 14.3 Å². The number of thiol groups is 1. The molecule has 0 bridgehead atoms. The van der Waals surface area contributed by atoms with Gasteiger partial charge >= 0.3 is 5.97 Å². The molecule has 1 aliphatic rings. The average Bonchev–Trinajstić information content (AvgIpc) is 2.46. The molecule has 1 amide bonds. The Morgan fingerprint density at radius 3 is 2.17 bits per heavy atom. The Morgan fingerprint density at radius 2 is 1.70 bits per heavy atom. The Labute approximate surface area is 143 Å². The molecule has 5 nitrogen and oxygen atoms in total. The van der Waals surface area contributed by atoms with E-state index in [1.54, 1.807) is 24.3 Å². The van der Waals surface area contributed by atoms with Crippen LogP contribution in [0.3, 0.4) is 0 Å². The van der Waals surface area contributed by atoms with Crippen molar-refractivity contribution in [3.63, 3.8) is 0 Å². The highest BCUT2D eigenvalue weighted by Crippen LogP contribution is 2.17. The molecule has 0 spiro atoms. The van der Waals surface area contributed by atoms with E-state index < -0.39 is 0 Å². The zero-order chi connectivity index (χ0) is 17.0. The van der Waals surface area contributed by atoms with Crippen molar-refractivity contribution in [2.45, 2.75) is 25.5 Å². The maximum atomic E-state index is 12.5. The molecule has 6 heteroatoms. The van der Waals surface area contributed by atoms with Gasteiger partial charge in [-0.15, -0.1) is 0 Å². The number of nitrogens with zero attached hydrogens (tertiary/aromatic N) is 2. The van der Waals surface area contributed by atoms with E-state index in [2.05, 4.69) is 31.4 Å². The van der Waals surface area contributed by atoms with Gasteiger partial charge in [0.2, 0.25) is 0 Å². The predicted molar refractivity (Wildman–Crippen MR) is 93.2 cm³/mol. The number of ether oxygens (including phenoxy) is 1. The molecule has 2 rings (SSSR count). The fraction of sp³-hybridized carbons (Fsp3) is 0.529. The topological polar surface area (TPSA) is 49.9 Å². The van der Waals surface area contributed by atoms with Crippen molar-refractivity contribution in [1.29, 1.82) is 0 Å². The number of rotatable bonds is 4. The van der Waals surface area contributed by atoms with Gasteiger partial charge in [0.15, 0.2) is 0 Å². The molecule has 0 atom stereocenters. The van der Waals surface area contributed by atoms with Crippen LogP contribution in [0.2, 0.25) is 0 Å². The summed E-state index contributed by atoms with van der Waals surface area (Å²) in [5.74, 6) is 0.103. The third-order valence-electron chi connectivity index (χ3n) is 3.63. The summed E-state index contributed by atoms with van der Waals surface area (Å²) in [4.78, 5) is 27.6. The van der Waals surface area contributed by atoms with E-state index in [4.69, 9.17) is 4.74 Å². The first-order valence-corrected chi connectivity index (χ1v) is 8.22. The normalized spacial score (nSPS) is 16.3. The van der Waals surface area contributed by atoms with Gasteiger partial charge in [-0.05, 0) is 38.1 Å². The number of hydrogen-bond acceptors (Lipinski definition) is 5. The Hall–Kier alpha value is -1.53. The molecule has 0 radical (unpaired) electrons. The van der Waals surface area contributed by atoms with Crippen LogP contribution in [0, 0.1) is 0 Å². The fourth-order valence-electron chi connectivity index (χ4n) is 2.67. The lowest BCUT2D eigenvalue weighted by atomic mass is 10.1. The van der Waals surface area contributed by atoms with Crippen molar-refractivity contribution in [3.8, 4) is 5.75 Å². The molecule has 0 aliphatic carbocycles. The lowest BCUT2D eigenvalue weighted by Crippen LogP contribution is -2.51. The zero-order valence-corrected chi connectivity index (χ0v) is 14.8. The quantitative estimate of drug-likeness (QED) is 0.520. The Morgan fingerprint density at radius 1 is 1.13 bits per heavy atom. The van der Waals surface area contributed by atoms with Crippen LogP contribution in [0.15, 0.2) is 24.3 Å². The Bertz CT molecular complexity index is 558. The molecule has 1 fully saturated rings. The number of carbonyl (C=O) groups excluding carboxylic acids is 2. The first-order valence-electron chi connectivity index (χ1n) is 7.77. The monoisotopic (exact) mass is 336 g/mol. The van der Waals surface area contributed by atoms with Crippen molar-refractivity contribution in [3.05, 3.63) is 29.8 Å². The first-order chi connectivity index (χ1) is 10.7. The van der Waals surface area contributed by atoms with Crippen LogP contribution in [-0.4, -0.2) is 59.1 Å². The third-order valence-corrected chi connectivity index (χ3v) is 3.77. The lowest BCUT2D eigenvalue weighted by molar-refractivity contribution is -0.131. The van der Waals surface area contributed by atoms with E-state index in [1.165, 1.54) is 6.92 Å². The minimum Gasteiger partial charge on any atom is -0.427 e. The van der Waals surface area contributed by atoms with E-state index in [9.17, 15) is 9.59 Å². The molecule has 1 aliphatic heterocycles. The van der Waals surface area contributed by atoms with Crippen molar-refractivity contribution in [1.82, 2.24) is 9.80 Å². The minimum absolute atomic E-state index is 0.0177. The van der Waals surface area contributed by atoms with Crippen LogP contribution in [0.25, 0.3) is 0 Å². The number of piperazine rings is 1. The van der Waals surface area contributed by atoms with Gasteiger partial charge < -0.3 is 9.64 Å². The zero-order valence-electron chi connectivity index (χ0n) is 13.9. The predicted octanol–water partition coefficient (Wildman–Crippen LogP) is 2.08. The highest BCUT2D eigenvalue weighted by Gasteiger charge is 2.25. The number of hydrogen-bond donors (Lipinski definition) is 1. The van der Waals surface area contributed by atoms with Crippen molar-refractivity contribution in [2.24, 2.45) is 0 Å². The van der Waals surface area contributed by atoms with Gasteiger partial charge in [-0.1, -0.05) is 0 Å². The number of benzene rings is 1. The second-order valence-electron chi connectivity index (χ2n) is 6.50. The summed E-state index contributed by atoms with van der Waals surface area (Å²) in [5.41, 5.74) is 0.615. The molecule has 0 N–H and O–H groups in total. The summed E-state index contributed by atoms with van der Waals surface area (Å²) < 4.78 is 4.95. The van der Waals surface area contributed by atoms with Crippen LogP contribution in [-0.2, 0) is 4.79 Å². The van der Waals surface area contributed by atoms with Gasteiger partial charge in [0.05, 0.1) is 0 Å². The molecule has 23 heavy (non-hydrogen) atoms. The number of carbonyl (C=O) groups is 2. The maximum absolute atomic E-state index is 12.5. The highest BCUT2D eigenvalue weighted by atomic mass is 32.1. The molecule has 0 aromatic heterocycles. The first kappa shape index (κ1) is 17.8. The summed E-state index contributed by atoms with van der Waals surface area (Å²) in [7, 11) is 0. The standard InChI is InChI=1S/C17H24N2O3S/c1-13(20)22-15-6-4-14(5-7-15)16(21)19-10-8-18(9-11-19)12-17(2,3)23/h4-7,23H,8-12H2,1-3H3. The van der Waals surface area contributed by atoms with E-state index >= 15 is 0 Å². The summed E-state index contributed by atoms with van der Waals surface area (Å²) in [6, 6.07) is 6.69. The number of esters is 1. The van der Waals surface area contributed by atoms with E-state index in [0.717, 1.165) is 19.6 Å². The van der Waals surface area contributed by atoms with Crippen LogP contribution >= 0.6 is 12.6 Å². The van der Waals surface area contributed by atoms with Gasteiger partial charge in [-0.3, -0.25) is 14.5 Å². The highest BCUT2D eigenvalue weighted by molar-refractivity contribution is 7.81.